The van der Waals surface area contributed by atoms with Gasteiger partial charge in [0.05, 0.1) is 11.5 Å². The molecule has 0 aliphatic rings. The molecule has 0 unspecified atom stereocenters. The number of rotatable bonds is 4. The molecule has 0 N–H and O–H groups in total. The number of nitrogens with zero attached hydrogens (tertiary/aromatic N) is 2. The standard InChI is InChI=1S/C21H18N2O3/c1-14-20(17-8-4-3-5-9-17)21(26)22-15(2)23(14)18-10-6-7-16(13-18)11-12-19(24)25/h3-13H,1-2H3,(H,24,25)/p-1. The van der Waals surface area contributed by atoms with Gasteiger partial charge in [0.2, 0.25) is 0 Å². The molecular weight excluding hydrogens is 328 g/mol. The van der Waals surface area contributed by atoms with Crippen molar-refractivity contribution in [2.45, 2.75) is 13.8 Å². The maximum atomic E-state index is 12.5. The molecule has 0 radical (unpaired) electrons. The summed E-state index contributed by atoms with van der Waals surface area (Å²) in [5.74, 6) is -0.688. The lowest BCUT2D eigenvalue weighted by atomic mass is 10.1. The summed E-state index contributed by atoms with van der Waals surface area (Å²) in [7, 11) is 0. The number of aromatic nitrogens is 2. The summed E-state index contributed by atoms with van der Waals surface area (Å²) in [4.78, 5) is 27.3. The van der Waals surface area contributed by atoms with E-state index in [-0.39, 0.29) is 5.56 Å². The molecule has 0 fully saturated rings. The van der Waals surface area contributed by atoms with Crippen LogP contribution in [0.5, 0.6) is 0 Å². The highest BCUT2D eigenvalue weighted by atomic mass is 16.4. The molecule has 0 saturated carbocycles. The van der Waals surface area contributed by atoms with E-state index in [1.54, 1.807) is 13.0 Å². The monoisotopic (exact) mass is 345 g/mol. The summed E-state index contributed by atoms with van der Waals surface area (Å²) in [6.45, 7) is 3.65. The average molecular weight is 345 g/mol. The molecule has 2 aromatic carbocycles. The van der Waals surface area contributed by atoms with Crippen molar-refractivity contribution in [1.29, 1.82) is 0 Å². The molecule has 5 nitrogen and oxygen atoms in total. The van der Waals surface area contributed by atoms with Gasteiger partial charge < -0.3 is 14.5 Å². The zero-order valence-electron chi connectivity index (χ0n) is 14.5. The predicted molar refractivity (Wildman–Crippen MR) is 98.8 cm³/mol. The van der Waals surface area contributed by atoms with Crippen molar-refractivity contribution in [3.8, 4) is 16.8 Å². The number of aryl methyl sites for hydroxylation is 1. The van der Waals surface area contributed by atoms with E-state index in [2.05, 4.69) is 4.98 Å². The summed E-state index contributed by atoms with van der Waals surface area (Å²) in [6, 6.07) is 16.7. The number of hydrogen-bond acceptors (Lipinski definition) is 4. The summed E-state index contributed by atoms with van der Waals surface area (Å²) in [6.07, 6.45) is 2.45. The van der Waals surface area contributed by atoms with Crippen molar-refractivity contribution in [3.63, 3.8) is 0 Å². The van der Waals surface area contributed by atoms with Crippen molar-refractivity contribution >= 4 is 12.0 Å². The van der Waals surface area contributed by atoms with E-state index in [0.717, 1.165) is 23.0 Å². The quantitative estimate of drug-likeness (QED) is 0.680. The van der Waals surface area contributed by atoms with Crippen LogP contribution in [0.25, 0.3) is 22.9 Å². The zero-order chi connectivity index (χ0) is 18.7. The molecule has 1 aromatic heterocycles. The Balaban J connectivity index is 2.19. The highest BCUT2D eigenvalue weighted by molar-refractivity contribution is 5.83. The van der Waals surface area contributed by atoms with Crippen molar-refractivity contribution in [3.05, 3.63) is 88.1 Å². The van der Waals surface area contributed by atoms with E-state index in [1.807, 2.05) is 60.0 Å². The molecule has 5 heteroatoms. The fourth-order valence-corrected chi connectivity index (χ4v) is 3.01. The molecule has 1 heterocycles. The van der Waals surface area contributed by atoms with Crippen molar-refractivity contribution < 1.29 is 9.90 Å². The molecule has 0 saturated heterocycles. The second-order valence-corrected chi connectivity index (χ2v) is 5.87. The number of hydrogen-bond donors (Lipinski definition) is 0. The van der Waals surface area contributed by atoms with Gasteiger partial charge in [-0.05, 0) is 43.2 Å². The van der Waals surface area contributed by atoms with E-state index in [4.69, 9.17) is 0 Å². The highest BCUT2D eigenvalue weighted by Gasteiger charge is 2.14. The second-order valence-electron chi connectivity index (χ2n) is 5.87. The van der Waals surface area contributed by atoms with Gasteiger partial charge in [0.1, 0.15) is 5.82 Å². The van der Waals surface area contributed by atoms with Gasteiger partial charge in [0, 0.05) is 11.4 Å². The molecule has 130 valence electrons. The number of aliphatic carboxylic acids is 1. The number of carbonyl (C=O) groups is 1. The number of carboxylic acid groups (broad SMARTS) is 1. The molecule has 3 aromatic rings. The number of carboxylic acids is 1. The lowest BCUT2D eigenvalue weighted by Gasteiger charge is -2.17. The lowest BCUT2D eigenvalue weighted by Crippen LogP contribution is -2.20. The van der Waals surface area contributed by atoms with Gasteiger partial charge in [0.25, 0.3) is 5.56 Å². The normalized spacial score (nSPS) is 11.0. The molecular formula is C21H17N2O3-. The van der Waals surface area contributed by atoms with Gasteiger partial charge in [-0.1, -0.05) is 48.5 Å². The fraction of sp³-hybridized carbons (Fsp3) is 0.0952. The largest absolute Gasteiger partial charge is 0.545 e. The van der Waals surface area contributed by atoms with Crippen LogP contribution in [0, 0.1) is 13.8 Å². The molecule has 0 aliphatic heterocycles. The average Bonchev–Trinajstić information content (AvgIpc) is 2.61. The molecule has 3 rings (SSSR count). The summed E-state index contributed by atoms with van der Waals surface area (Å²) in [5.41, 5.74) is 3.37. The Bertz CT molecular complexity index is 1050. The van der Waals surface area contributed by atoms with Gasteiger partial charge in [-0.2, -0.15) is 4.98 Å². The van der Waals surface area contributed by atoms with Crippen LogP contribution in [-0.4, -0.2) is 15.5 Å². The van der Waals surface area contributed by atoms with Crippen LogP contribution in [0.2, 0.25) is 0 Å². The predicted octanol–water partition coefficient (Wildman–Crippen LogP) is 2.28. The Morgan fingerprint density at radius 3 is 2.50 bits per heavy atom. The summed E-state index contributed by atoms with van der Waals surface area (Å²) >= 11 is 0. The Hall–Kier alpha value is -3.47. The SMILES string of the molecule is Cc1nc(=O)c(-c2ccccc2)c(C)n1-c1cccc(C=CC(=O)[O-])c1. The highest BCUT2D eigenvalue weighted by Crippen LogP contribution is 2.23. The maximum Gasteiger partial charge on any atom is 0.281 e. The summed E-state index contributed by atoms with van der Waals surface area (Å²) in [5, 5.41) is 10.6. The van der Waals surface area contributed by atoms with E-state index in [1.165, 1.54) is 6.08 Å². The fourth-order valence-electron chi connectivity index (χ4n) is 3.01. The first-order valence-electron chi connectivity index (χ1n) is 8.12. The Labute approximate surface area is 150 Å². The zero-order valence-corrected chi connectivity index (χ0v) is 14.5. The van der Waals surface area contributed by atoms with Gasteiger partial charge in [-0.3, -0.25) is 4.79 Å². The van der Waals surface area contributed by atoms with Crippen LogP contribution < -0.4 is 10.7 Å². The minimum absolute atomic E-state index is 0.268. The molecule has 0 spiro atoms. The van der Waals surface area contributed by atoms with E-state index < -0.39 is 5.97 Å². The molecule has 26 heavy (non-hydrogen) atoms. The Kier molecular flexibility index (Phi) is 4.80. The second kappa shape index (κ2) is 7.19. The van der Waals surface area contributed by atoms with E-state index >= 15 is 0 Å². The third kappa shape index (κ3) is 3.47. The van der Waals surface area contributed by atoms with Gasteiger partial charge in [-0.25, -0.2) is 0 Å². The molecule has 0 atom stereocenters. The number of carbonyl (C=O) groups excluding carboxylic acids is 1. The van der Waals surface area contributed by atoms with E-state index in [9.17, 15) is 14.7 Å². The Morgan fingerprint density at radius 1 is 1.08 bits per heavy atom. The van der Waals surface area contributed by atoms with Gasteiger partial charge in [0.15, 0.2) is 0 Å². The third-order valence-electron chi connectivity index (χ3n) is 4.10. The van der Waals surface area contributed by atoms with Gasteiger partial charge in [-0.15, -0.1) is 0 Å². The van der Waals surface area contributed by atoms with Crippen LogP contribution in [0.15, 0.2) is 65.5 Å². The first-order valence-corrected chi connectivity index (χ1v) is 8.12. The van der Waals surface area contributed by atoms with Crippen LogP contribution in [-0.2, 0) is 4.79 Å². The third-order valence-corrected chi connectivity index (χ3v) is 4.10. The smallest absolute Gasteiger partial charge is 0.281 e. The minimum atomic E-state index is -1.25. The minimum Gasteiger partial charge on any atom is -0.545 e. The lowest BCUT2D eigenvalue weighted by molar-refractivity contribution is -0.297. The van der Waals surface area contributed by atoms with Crippen molar-refractivity contribution in [2.24, 2.45) is 0 Å². The Morgan fingerprint density at radius 2 is 1.81 bits per heavy atom. The maximum absolute atomic E-state index is 12.5. The molecule has 0 bridgehead atoms. The van der Waals surface area contributed by atoms with Crippen LogP contribution >= 0.6 is 0 Å². The van der Waals surface area contributed by atoms with Crippen LogP contribution in [0.3, 0.4) is 0 Å². The molecule has 0 aliphatic carbocycles. The topological polar surface area (TPSA) is 75.0 Å². The first kappa shape index (κ1) is 17.4. The molecule has 0 amide bonds. The van der Waals surface area contributed by atoms with Crippen molar-refractivity contribution in [1.82, 2.24) is 9.55 Å². The first-order chi connectivity index (χ1) is 12.5. The van der Waals surface area contributed by atoms with Gasteiger partial charge >= 0.3 is 0 Å². The summed E-state index contributed by atoms with van der Waals surface area (Å²) < 4.78 is 1.89. The van der Waals surface area contributed by atoms with E-state index in [0.29, 0.717) is 17.0 Å². The van der Waals surface area contributed by atoms with Crippen LogP contribution in [0.4, 0.5) is 0 Å². The van der Waals surface area contributed by atoms with Crippen LogP contribution in [0.1, 0.15) is 17.1 Å². The number of benzene rings is 2. The van der Waals surface area contributed by atoms with Crippen molar-refractivity contribution in [2.75, 3.05) is 0 Å².